The smallest absolute Gasteiger partial charge is 0.253 e. The molecular formula is C26H33N5O2. The number of rotatable bonds is 3. The van der Waals surface area contributed by atoms with Gasteiger partial charge >= 0.3 is 0 Å². The minimum absolute atomic E-state index is 0.0282. The lowest BCUT2D eigenvalue weighted by molar-refractivity contribution is -0.133. The zero-order chi connectivity index (χ0) is 23.0. The highest BCUT2D eigenvalue weighted by molar-refractivity contribution is 6.00. The van der Waals surface area contributed by atoms with Crippen molar-refractivity contribution in [2.24, 2.45) is 11.1 Å². The summed E-state index contributed by atoms with van der Waals surface area (Å²) in [7, 11) is 0. The van der Waals surface area contributed by atoms with Gasteiger partial charge < -0.3 is 20.4 Å². The molecule has 2 aromatic rings. The summed E-state index contributed by atoms with van der Waals surface area (Å²) in [5.74, 6) is 0.254. The molecule has 0 bridgehead atoms. The van der Waals surface area contributed by atoms with E-state index >= 15 is 0 Å². The van der Waals surface area contributed by atoms with Crippen LogP contribution in [0.1, 0.15) is 48.0 Å². The van der Waals surface area contributed by atoms with E-state index in [1.54, 1.807) is 24.5 Å². The zero-order valence-electron chi connectivity index (χ0n) is 19.4. The van der Waals surface area contributed by atoms with Crippen LogP contribution in [0.25, 0.3) is 0 Å². The van der Waals surface area contributed by atoms with Gasteiger partial charge in [0.15, 0.2) is 0 Å². The fourth-order valence-electron chi connectivity index (χ4n) is 5.74. The van der Waals surface area contributed by atoms with Crippen molar-refractivity contribution in [2.45, 2.75) is 45.1 Å². The number of carbonyl (C=O) groups excluding carboxylic acids is 2. The lowest BCUT2D eigenvalue weighted by atomic mass is 9.71. The second kappa shape index (κ2) is 8.78. The maximum absolute atomic E-state index is 13.8. The predicted octanol–water partition coefficient (Wildman–Crippen LogP) is 2.98. The van der Waals surface area contributed by atoms with Gasteiger partial charge in [-0.05, 0) is 74.9 Å². The third-order valence-electron chi connectivity index (χ3n) is 7.73. The fraction of sp³-hybridized carbons (Fsp3) is 0.500. The molecule has 1 aromatic carbocycles. The molecule has 0 aliphatic carbocycles. The van der Waals surface area contributed by atoms with Crippen LogP contribution < -0.4 is 15.5 Å². The molecule has 174 valence electrons. The van der Waals surface area contributed by atoms with Crippen LogP contribution in [-0.4, -0.2) is 60.5 Å². The quantitative estimate of drug-likeness (QED) is 0.782. The molecule has 2 N–H and O–H groups in total. The first-order valence-corrected chi connectivity index (χ1v) is 12.1. The van der Waals surface area contributed by atoms with Crippen LogP contribution in [0.5, 0.6) is 0 Å². The highest BCUT2D eigenvalue weighted by Gasteiger charge is 2.46. The molecule has 0 saturated carbocycles. The number of carbonyl (C=O) groups is 2. The fourth-order valence-corrected chi connectivity index (χ4v) is 5.74. The molecule has 4 heterocycles. The number of hydrogen-bond donors (Lipinski definition) is 1. The number of piperidine rings is 2. The van der Waals surface area contributed by atoms with Crippen molar-refractivity contribution in [1.29, 1.82) is 0 Å². The van der Waals surface area contributed by atoms with E-state index in [1.807, 2.05) is 9.80 Å². The van der Waals surface area contributed by atoms with E-state index in [4.69, 9.17) is 5.73 Å². The minimum Gasteiger partial charge on any atom is -0.370 e. The van der Waals surface area contributed by atoms with E-state index in [1.165, 1.54) is 5.69 Å². The average molecular weight is 448 g/mol. The van der Waals surface area contributed by atoms with Gasteiger partial charge in [0, 0.05) is 68.1 Å². The molecule has 3 saturated heterocycles. The Hall–Kier alpha value is -2.93. The van der Waals surface area contributed by atoms with Gasteiger partial charge in [-0.1, -0.05) is 0 Å². The molecule has 5 rings (SSSR count). The topological polar surface area (TPSA) is 82.8 Å². The van der Waals surface area contributed by atoms with Crippen LogP contribution in [-0.2, 0) is 4.79 Å². The van der Waals surface area contributed by atoms with Crippen molar-refractivity contribution >= 4 is 23.2 Å². The van der Waals surface area contributed by atoms with Crippen molar-refractivity contribution in [3.8, 4) is 0 Å². The third kappa shape index (κ3) is 4.10. The monoisotopic (exact) mass is 447 g/mol. The number of anilines is 2. The first-order chi connectivity index (χ1) is 16.0. The summed E-state index contributed by atoms with van der Waals surface area (Å²) in [6, 6.07) is 10.2. The molecule has 7 heteroatoms. The summed E-state index contributed by atoms with van der Waals surface area (Å²) >= 11 is 0. The standard InChI is InChI=1S/C26H33N5O2/c1-19-17-22(30-14-7-21(27)18-30)3-4-23(19)31-13-2-8-26(25(31)33)9-15-29(16-10-26)24(32)20-5-11-28-12-6-20/h3-6,11-12,17,21H,2,7-10,13-16,18,27H2,1H3. The number of amides is 2. The highest BCUT2D eigenvalue weighted by atomic mass is 16.2. The van der Waals surface area contributed by atoms with Gasteiger partial charge in [0.1, 0.15) is 0 Å². The molecule has 1 aromatic heterocycles. The molecule has 7 nitrogen and oxygen atoms in total. The maximum atomic E-state index is 13.8. The first kappa shape index (κ1) is 21.9. The largest absolute Gasteiger partial charge is 0.370 e. The molecule has 1 atom stereocenters. The number of aromatic nitrogens is 1. The Morgan fingerprint density at radius 3 is 2.48 bits per heavy atom. The van der Waals surface area contributed by atoms with Gasteiger partial charge in [-0.3, -0.25) is 14.6 Å². The molecule has 1 unspecified atom stereocenters. The van der Waals surface area contributed by atoms with Crippen molar-refractivity contribution in [1.82, 2.24) is 9.88 Å². The lowest BCUT2D eigenvalue weighted by Crippen LogP contribution is -2.54. The Bertz CT molecular complexity index is 1030. The van der Waals surface area contributed by atoms with Gasteiger partial charge in [0.2, 0.25) is 5.91 Å². The van der Waals surface area contributed by atoms with E-state index in [-0.39, 0.29) is 23.3 Å². The number of aryl methyl sites for hydroxylation is 1. The Balaban J connectivity index is 1.29. The normalized spacial score (nSPS) is 22.8. The summed E-state index contributed by atoms with van der Waals surface area (Å²) in [5.41, 5.74) is 9.71. The summed E-state index contributed by atoms with van der Waals surface area (Å²) in [6.07, 6.45) is 7.66. The van der Waals surface area contributed by atoms with Gasteiger partial charge in [-0.25, -0.2) is 0 Å². The Morgan fingerprint density at radius 1 is 1.06 bits per heavy atom. The van der Waals surface area contributed by atoms with E-state index in [9.17, 15) is 9.59 Å². The Kier molecular flexibility index (Phi) is 5.83. The second-order valence-electron chi connectivity index (χ2n) is 9.83. The Labute approximate surface area is 195 Å². The number of likely N-dealkylation sites (tertiary alicyclic amines) is 1. The van der Waals surface area contributed by atoms with Gasteiger partial charge in [0.25, 0.3) is 5.91 Å². The van der Waals surface area contributed by atoms with Crippen molar-refractivity contribution in [2.75, 3.05) is 42.5 Å². The van der Waals surface area contributed by atoms with Gasteiger partial charge in [-0.15, -0.1) is 0 Å². The molecule has 3 fully saturated rings. The van der Waals surface area contributed by atoms with Crippen molar-refractivity contribution < 1.29 is 9.59 Å². The highest BCUT2D eigenvalue weighted by Crippen LogP contribution is 2.43. The first-order valence-electron chi connectivity index (χ1n) is 12.1. The number of pyridine rings is 1. The van der Waals surface area contributed by atoms with Crippen molar-refractivity contribution in [3.63, 3.8) is 0 Å². The number of hydrogen-bond acceptors (Lipinski definition) is 5. The van der Waals surface area contributed by atoms with Crippen LogP contribution in [0.15, 0.2) is 42.7 Å². The van der Waals surface area contributed by atoms with Crippen LogP contribution in [0.2, 0.25) is 0 Å². The summed E-state index contributed by atoms with van der Waals surface area (Å²) in [5, 5.41) is 0. The van der Waals surface area contributed by atoms with Crippen molar-refractivity contribution in [3.05, 3.63) is 53.9 Å². The molecular weight excluding hydrogens is 414 g/mol. The number of nitrogens with two attached hydrogens (primary N) is 1. The van der Waals surface area contributed by atoms with E-state index in [0.29, 0.717) is 18.7 Å². The maximum Gasteiger partial charge on any atom is 0.253 e. The summed E-state index contributed by atoms with van der Waals surface area (Å²) in [4.78, 5) is 36.8. The predicted molar refractivity (Wildman–Crippen MR) is 129 cm³/mol. The van der Waals surface area contributed by atoms with Crippen LogP contribution >= 0.6 is 0 Å². The van der Waals surface area contributed by atoms with Crippen LogP contribution in [0.4, 0.5) is 11.4 Å². The SMILES string of the molecule is Cc1cc(N2CCC(N)C2)ccc1N1CCCC2(CCN(C(=O)c3ccncc3)CC2)C1=O. The summed E-state index contributed by atoms with van der Waals surface area (Å²) in [6.45, 7) is 5.97. The molecule has 2 amide bonds. The molecule has 3 aliphatic heterocycles. The molecule has 3 aliphatic rings. The third-order valence-corrected chi connectivity index (χ3v) is 7.73. The second-order valence-corrected chi connectivity index (χ2v) is 9.83. The number of benzene rings is 1. The van der Waals surface area contributed by atoms with Crippen LogP contribution in [0.3, 0.4) is 0 Å². The van der Waals surface area contributed by atoms with Crippen LogP contribution in [0, 0.1) is 12.3 Å². The minimum atomic E-state index is -0.361. The number of nitrogens with zero attached hydrogens (tertiary/aromatic N) is 4. The van der Waals surface area contributed by atoms with Gasteiger partial charge in [0.05, 0.1) is 5.41 Å². The van der Waals surface area contributed by atoms with E-state index < -0.39 is 0 Å². The van der Waals surface area contributed by atoms with E-state index in [0.717, 1.165) is 63.0 Å². The van der Waals surface area contributed by atoms with Gasteiger partial charge in [-0.2, -0.15) is 0 Å². The molecule has 0 radical (unpaired) electrons. The molecule has 1 spiro atoms. The zero-order valence-corrected chi connectivity index (χ0v) is 19.4. The van der Waals surface area contributed by atoms with E-state index in [2.05, 4.69) is 35.0 Å². The molecule has 33 heavy (non-hydrogen) atoms. The lowest BCUT2D eigenvalue weighted by Gasteiger charge is -2.46. The average Bonchev–Trinajstić information content (AvgIpc) is 3.28. The Morgan fingerprint density at radius 2 is 1.82 bits per heavy atom. The summed E-state index contributed by atoms with van der Waals surface area (Å²) < 4.78 is 0.